The predicted molar refractivity (Wildman–Crippen MR) is 112 cm³/mol. The summed E-state index contributed by atoms with van der Waals surface area (Å²) in [6.07, 6.45) is 5.32. The number of aromatic nitrogens is 2. The van der Waals surface area contributed by atoms with E-state index in [1.165, 1.54) is 11.1 Å². The van der Waals surface area contributed by atoms with Crippen LogP contribution in [0.1, 0.15) is 50.7 Å². The molecule has 0 radical (unpaired) electrons. The predicted octanol–water partition coefficient (Wildman–Crippen LogP) is 7.43. The van der Waals surface area contributed by atoms with Gasteiger partial charge in [0.15, 0.2) is 15.8 Å². The topological polar surface area (TPSA) is 52.1 Å². The first kappa shape index (κ1) is 19.1. The highest BCUT2D eigenvalue weighted by Crippen LogP contribution is 2.30. The first-order valence-electron chi connectivity index (χ1n) is 8.44. The van der Waals surface area contributed by atoms with E-state index >= 15 is 0 Å². The highest BCUT2D eigenvalue weighted by Gasteiger charge is 2.11. The Morgan fingerprint density at radius 1 is 0.885 bits per heavy atom. The molecule has 0 aromatic carbocycles. The van der Waals surface area contributed by atoms with Crippen LogP contribution in [-0.2, 0) is 0 Å². The summed E-state index contributed by atoms with van der Waals surface area (Å²) in [5, 5.41) is 0. The lowest BCUT2D eigenvalue weighted by Gasteiger charge is -2.03. The van der Waals surface area contributed by atoms with E-state index in [4.69, 9.17) is 8.83 Å². The van der Waals surface area contributed by atoms with Gasteiger partial charge < -0.3 is 8.83 Å². The van der Waals surface area contributed by atoms with E-state index in [-0.39, 0.29) is 0 Å². The molecule has 4 heterocycles. The van der Waals surface area contributed by atoms with Crippen LogP contribution in [0.25, 0.3) is 22.2 Å². The van der Waals surface area contributed by atoms with Gasteiger partial charge in [-0.15, -0.1) is 0 Å². The number of hydrogen-bond donors (Lipinski definition) is 0. The van der Waals surface area contributed by atoms with Crippen molar-refractivity contribution in [3.63, 3.8) is 0 Å². The van der Waals surface area contributed by atoms with Crippen molar-refractivity contribution < 1.29 is 8.83 Å². The second-order valence-electron chi connectivity index (χ2n) is 6.64. The minimum absolute atomic E-state index is 0.462. The SMILES string of the molecule is CC(C)c1ccnc2c(Br)coc12.CC(C)c1ccnc2cc(Br)oc12. The van der Waals surface area contributed by atoms with E-state index in [1.54, 1.807) is 6.26 Å². The number of halogens is 2. The molecule has 0 aliphatic rings. The average molecular weight is 480 g/mol. The number of pyridine rings is 2. The first-order valence-corrected chi connectivity index (χ1v) is 10.0. The van der Waals surface area contributed by atoms with Crippen LogP contribution < -0.4 is 0 Å². The molecule has 0 atom stereocenters. The van der Waals surface area contributed by atoms with E-state index in [1.807, 2.05) is 30.6 Å². The van der Waals surface area contributed by atoms with Crippen molar-refractivity contribution in [2.45, 2.75) is 39.5 Å². The third kappa shape index (κ3) is 3.86. The molecule has 0 saturated heterocycles. The summed E-state index contributed by atoms with van der Waals surface area (Å²) in [5.74, 6) is 0.923. The highest BCUT2D eigenvalue weighted by molar-refractivity contribution is 9.10. The van der Waals surface area contributed by atoms with Gasteiger partial charge in [-0.2, -0.15) is 0 Å². The Morgan fingerprint density at radius 2 is 1.50 bits per heavy atom. The maximum Gasteiger partial charge on any atom is 0.172 e. The van der Waals surface area contributed by atoms with Crippen molar-refractivity contribution in [1.29, 1.82) is 0 Å². The molecule has 6 heteroatoms. The minimum atomic E-state index is 0.462. The van der Waals surface area contributed by atoms with Crippen LogP contribution in [0.5, 0.6) is 0 Å². The van der Waals surface area contributed by atoms with Gasteiger partial charge in [-0.1, -0.05) is 27.7 Å². The Labute approximate surface area is 169 Å². The van der Waals surface area contributed by atoms with E-state index < -0.39 is 0 Å². The molecule has 4 aromatic heterocycles. The van der Waals surface area contributed by atoms with Crippen LogP contribution in [0, 0.1) is 0 Å². The molecule has 0 spiro atoms. The third-order valence-corrected chi connectivity index (χ3v) is 5.05. The molecule has 4 rings (SSSR count). The van der Waals surface area contributed by atoms with Crippen molar-refractivity contribution in [2.75, 3.05) is 0 Å². The standard InChI is InChI=1S/2C10H10BrNO/c1-6(2)7-3-4-12-9-8(11)5-13-10(7)9;1-6(2)7-3-4-12-8-5-9(11)13-10(7)8/h2*3-6H,1-2H3. The number of furan rings is 2. The van der Waals surface area contributed by atoms with Crippen molar-refractivity contribution in [3.05, 3.63) is 57.1 Å². The summed E-state index contributed by atoms with van der Waals surface area (Å²) in [6, 6.07) is 5.90. The third-order valence-electron chi connectivity index (χ3n) is 4.10. The molecule has 0 saturated carbocycles. The molecule has 0 aliphatic heterocycles. The van der Waals surface area contributed by atoms with Crippen molar-refractivity contribution in [2.24, 2.45) is 0 Å². The second kappa shape index (κ2) is 7.92. The van der Waals surface area contributed by atoms with Gasteiger partial charge in [-0.25, -0.2) is 0 Å². The Balaban J connectivity index is 0.000000151. The fraction of sp³-hybridized carbons (Fsp3) is 0.300. The van der Waals surface area contributed by atoms with Gasteiger partial charge in [0.2, 0.25) is 0 Å². The fourth-order valence-corrected chi connectivity index (χ4v) is 3.52. The van der Waals surface area contributed by atoms with Crippen LogP contribution in [0.3, 0.4) is 0 Å². The van der Waals surface area contributed by atoms with Crippen molar-refractivity contribution >= 4 is 54.1 Å². The van der Waals surface area contributed by atoms with E-state index in [2.05, 4.69) is 69.5 Å². The van der Waals surface area contributed by atoms with Gasteiger partial charge in [-0.05, 0) is 55.8 Å². The number of fused-ring (bicyclic) bond motifs is 2. The fourth-order valence-electron chi connectivity index (χ4n) is 2.76. The molecular weight excluding hydrogens is 460 g/mol. The first-order chi connectivity index (χ1) is 12.4. The molecule has 4 nitrogen and oxygen atoms in total. The van der Waals surface area contributed by atoms with Gasteiger partial charge in [-0.3, -0.25) is 9.97 Å². The minimum Gasteiger partial charge on any atom is -0.461 e. The zero-order valence-electron chi connectivity index (χ0n) is 15.1. The largest absolute Gasteiger partial charge is 0.461 e. The molecule has 0 bridgehead atoms. The normalized spacial score (nSPS) is 11.4. The van der Waals surface area contributed by atoms with E-state index in [9.17, 15) is 0 Å². The van der Waals surface area contributed by atoms with Crippen LogP contribution in [0.15, 0.2) is 54.8 Å². The average Bonchev–Trinajstić information content (AvgIpc) is 3.16. The smallest absolute Gasteiger partial charge is 0.172 e. The maximum absolute atomic E-state index is 5.51. The zero-order valence-corrected chi connectivity index (χ0v) is 18.3. The zero-order chi connectivity index (χ0) is 18.8. The van der Waals surface area contributed by atoms with Gasteiger partial charge in [0.05, 0.1) is 4.47 Å². The van der Waals surface area contributed by atoms with Crippen molar-refractivity contribution in [1.82, 2.24) is 9.97 Å². The van der Waals surface area contributed by atoms with Gasteiger partial charge >= 0.3 is 0 Å². The molecule has 0 aliphatic carbocycles. The van der Waals surface area contributed by atoms with E-state index in [0.29, 0.717) is 11.8 Å². The van der Waals surface area contributed by atoms with Crippen LogP contribution in [-0.4, -0.2) is 9.97 Å². The lowest BCUT2D eigenvalue weighted by Crippen LogP contribution is -1.88. The summed E-state index contributed by atoms with van der Waals surface area (Å²) in [4.78, 5) is 8.46. The van der Waals surface area contributed by atoms with Gasteiger partial charge in [0, 0.05) is 29.6 Å². The second-order valence-corrected chi connectivity index (χ2v) is 8.27. The Kier molecular flexibility index (Phi) is 5.82. The summed E-state index contributed by atoms with van der Waals surface area (Å²) in [6.45, 7) is 8.58. The molecule has 4 aromatic rings. The lowest BCUT2D eigenvalue weighted by molar-refractivity contribution is 0.580. The molecule has 0 fully saturated rings. The number of nitrogens with zero attached hydrogens (tertiary/aromatic N) is 2. The van der Waals surface area contributed by atoms with E-state index in [0.717, 1.165) is 31.3 Å². The quantitative estimate of drug-likeness (QED) is 0.300. The van der Waals surface area contributed by atoms with Crippen LogP contribution in [0.4, 0.5) is 0 Å². The maximum atomic E-state index is 5.51. The van der Waals surface area contributed by atoms with Crippen LogP contribution >= 0.6 is 31.9 Å². The summed E-state index contributed by atoms with van der Waals surface area (Å²) in [5.41, 5.74) is 6.02. The molecule has 0 N–H and O–H groups in total. The van der Waals surface area contributed by atoms with Crippen molar-refractivity contribution in [3.8, 4) is 0 Å². The Hall–Kier alpha value is -1.66. The molecule has 136 valence electrons. The lowest BCUT2D eigenvalue weighted by atomic mass is 10.0. The summed E-state index contributed by atoms with van der Waals surface area (Å²) in [7, 11) is 0. The number of hydrogen-bond acceptors (Lipinski definition) is 4. The summed E-state index contributed by atoms with van der Waals surface area (Å²) >= 11 is 6.70. The number of rotatable bonds is 2. The molecule has 26 heavy (non-hydrogen) atoms. The monoisotopic (exact) mass is 478 g/mol. The van der Waals surface area contributed by atoms with Gasteiger partial charge in [0.1, 0.15) is 17.3 Å². The van der Waals surface area contributed by atoms with Crippen LogP contribution in [0.2, 0.25) is 0 Å². The molecular formula is C20H20Br2N2O2. The Bertz CT molecular complexity index is 1020. The highest BCUT2D eigenvalue weighted by atomic mass is 79.9. The Morgan fingerprint density at radius 3 is 2.15 bits per heavy atom. The molecule has 0 unspecified atom stereocenters. The summed E-state index contributed by atoms with van der Waals surface area (Å²) < 4.78 is 12.6. The van der Waals surface area contributed by atoms with Gasteiger partial charge in [0.25, 0.3) is 0 Å². The molecule has 0 amide bonds.